The first-order valence-electron chi connectivity index (χ1n) is 5.38. The van der Waals surface area contributed by atoms with Crippen LogP contribution in [0.15, 0.2) is 24.5 Å². The fourth-order valence-electron chi connectivity index (χ4n) is 2.20. The number of hydrogen-bond donors (Lipinski definition) is 0. The quantitative estimate of drug-likeness (QED) is 0.795. The van der Waals surface area contributed by atoms with Crippen molar-refractivity contribution < 1.29 is 8.42 Å². The first-order chi connectivity index (χ1) is 8.03. The van der Waals surface area contributed by atoms with Gasteiger partial charge in [0.1, 0.15) is 5.65 Å². The summed E-state index contributed by atoms with van der Waals surface area (Å²) in [7, 11) is -2.86. The summed E-state index contributed by atoms with van der Waals surface area (Å²) >= 11 is 5.88. The lowest BCUT2D eigenvalue weighted by molar-refractivity contribution is 0.601. The van der Waals surface area contributed by atoms with Crippen LogP contribution in [0.4, 0.5) is 0 Å². The van der Waals surface area contributed by atoms with Crippen LogP contribution >= 0.6 is 11.6 Å². The van der Waals surface area contributed by atoms with Crippen molar-refractivity contribution in [3.63, 3.8) is 0 Å². The molecule has 2 aromatic heterocycles. The maximum Gasteiger partial charge on any atom is 0.151 e. The normalized spacial score (nSPS) is 23.2. The van der Waals surface area contributed by atoms with Gasteiger partial charge in [0.15, 0.2) is 9.84 Å². The highest BCUT2D eigenvalue weighted by Crippen LogP contribution is 2.28. The topological polar surface area (TPSA) is 51.4 Å². The molecule has 1 fully saturated rings. The summed E-state index contributed by atoms with van der Waals surface area (Å²) in [5, 5.41) is 0.633. The molecule has 17 heavy (non-hydrogen) atoms. The highest BCUT2D eigenvalue weighted by Gasteiger charge is 2.30. The predicted octanol–water partition coefficient (Wildman–Crippen LogP) is 1.89. The van der Waals surface area contributed by atoms with E-state index < -0.39 is 9.84 Å². The second kappa shape index (κ2) is 3.71. The number of pyridine rings is 1. The Morgan fingerprint density at radius 1 is 1.47 bits per heavy atom. The van der Waals surface area contributed by atoms with Gasteiger partial charge in [-0.05, 0) is 18.6 Å². The molecule has 0 amide bonds. The number of hydrogen-bond acceptors (Lipinski definition) is 3. The number of imidazole rings is 1. The average Bonchev–Trinajstić information content (AvgIpc) is 2.80. The van der Waals surface area contributed by atoms with Gasteiger partial charge in [-0.1, -0.05) is 11.6 Å². The summed E-state index contributed by atoms with van der Waals surface area (Å²) < 4.78 is 24.7. The Bertz CT molecular complexity index is 678. The standard InChI is InChI=1S/C11H11ClN2O2S/c12-9-1-3-14-6-10(13-11(14)5-9)8-2-4-17(15,16)7-8/h1,3,5-6,8H,2,4,7H2. The zero-order valence-corrected chi connectivity index (χ0v) is 10.6. The first kappa shape index (κ1) is 11.0. The van der Waals surface area contributed by atoms with E-state index in [1.807, 2.05) is 16.8 Å². The van der Waals surface area contributed by atoms with Gasteiger partial charge >= 0.3 is 0 Å². The van der Waals surface area contributed by atoms with Crippen LogP contribution in [-0.2, 0) is 9.84 Å². The zero-order valence-electron chi connectivity index (χ0n) is 9.01. The van der Waals surface area contributed by atoms with Gasteiger partial charge in [0.05, 0.1) is 17.2 Å². The molecule has 1 aliphatic heterocycles. The molecule has 1 unspecified atom stereocenters. The Morgan fingerprint density at radius 2 is 2.29 bits per heavy atom. The predicted molar refractivity (Wildman–Crippen MR) is 66.2 cm³/mol. The number of sulfone groups is 1. The van der Waals surface area contributed by atoms with E-state index >= 15 is 0 Å². The molecule has 0 aromatic carbocycles. The number of aromatic nitrogens is 2. The van der Waals surface area contributed by atoms with Gasteiger partial charge < -0.3 is 4.40 Å². The number of halogens is 1. The summed E-state index contributed by atoms with van der Waals surface area (Å²) in [6, 6.07) is 3.56. The molecule has 0 N–H and O–H groups in total. The lowest BCUT2D eigenvalue weighted by Gasteiger charge is -2.00. The van der Waals surface area contributed by atoms with Crippen LogP contribution in [0.1, 0.15) is 18.0 Å². The molecule has 0 aliphatic carbocycles. The van der Waals surface area contributed by atoms with Crippen molar-refractivity contribution in [3.8, 4) is 0 Å². The molecule has 3 heterocycles. The van der Waals surface area contributed by atoms with E-state index in [0.29, 0.717) is 11.4 Å². The van der Waals surface area contributed by atoms with Crippen LogP contribution in [0.25, 0.3) is 5.65 Å². The van der Waals surface area contributed by atoms with Crippen molar-refractivity contribution in [2.45, 2.75) is 12.3 Å². The molecule has 1 saturated heterocycles. The molecule has 0 saturated carbocycles. The molecule has 2 aromatic rings. The van der Waals surface area contributed by atoms with Crippen molar-refractivity contribution in [3.05, 3.63) is 35.2 Å². The Balaban J connectivity index is 2.02. The molecule has 1 atom stereocenters. The van der Waals surface area contributed by atoms with E-state index in [0.717, 1.165) is 11.3 Å². The highest BCUT2D eigenvalue weighted by molar-refractivity contribution is 7.91. The minimum absolute atomic E-state index is 0.0266. The van der Waals surface area contributed by atoms with Gasteiger partial charge in [0.2, 0.25) is 0 Å². The monoisotopic (exact) mass is 270 g/mol. The second-order valence-corrected chi connectivity index (χ2v) is 7.04. The third-order valence-corrected chi connectivity index (χ3v) is 5.09. The van der Waals surface area contributed by atoms with Gasteiger partial charge in [-0.2, -0.15) is 0 Å². The van der Waals surface area contributed by atoms with Crippen LogP contribution in [0, 0.1) is 0 Å². The molecular weight excluding hydrogens is 260 g/mol. The van der Waals surface area contributed by atoms with E-state index in [1.54, 1.807) is 12.1 Å². The molecule has 4 nitrogen and oxygen atoms in total. The van der Waals surface area contributed by atoms with Crippen molar-refractivity contribution in [1.82, 2.24) is 9.38 Å². The third kappa shape index (κ3) is 2.05. The summed E-state index contributed by atoms with van der Waals surface area (Å²) in [6.07, 6.45) is 4.38. The maximum absolute atomic E-state index is 11.4. The molecule has 90 valence electrons. The van der Waals surface area contributed by atoms with Gasteiger partial charge in [-0.15, -0.1) is 0 Å². The highest BCUT2D eigenvalue weighted by atomic mass is 35.5. The molecule has 0 radical (unpaired) electrons. The first-order valence-corrected chi connectivity index (χ1v) is 7.58. The van der Waals surface area contributed by atoms with E-state index in [1.165, 1.54) is 0 Å². The van der Waals surface area contributed by atoms with Crippen molar-refractivity contribution >= 4 is 27.1 Å². The lowest BCUT2D eigenvalue weighted by Crippen LogP contribution is -2.03. The maximum atomic E-state index is 11.4. The van der Waals surface area contributed by atoms with Gasteiger partial charge in [-0.25, -0.2) is 13.4 Å². The van der Waals surface area contributed by atoms with Gasteiger partial charge in [0, 0.05) is 23.3 Å². The van der Waals surface area contributed by atoms with Gasteiger partial charge in [-0.3, -0.25) is 0 Å². The van der Waals surface area contributed by atoms with Crippen molar-refractivity contribution in [1.29, 1.82) is 0 Å². The Kier molecular flexibility index (Phi) is 2.41. The average molecular weight is 271 g/mol. The summed E-state index contributed by atoms with van der Waals surface area (Å²) in [4.78, 5) is 4.44. The summed E-state index contributed by atoms with van der Waals surface area (Å²) in [5.41, 5.74) is 1.60. The molecular formula is C11H11ClN2O2S. The summed E-state index contributed by atoms with van der Waals surface area (Å²) in [5.74, 6) is 0.510. The zero-order chi connectivity index (χ0) is 12.0. The van der Waals surface area contributed by atoms with Crippen LogP contribution < -0.4 is 0 Å². The van der Waals surface area contributed by atoms with E-state index in [-0.39, 0.29) is 17.4 Å². The number of nitrogens with zero attached hydrogens (tertiary/aromatic N) is 2. The third-order valence-electron chi connectivity index (χ3n) is 3.09. The minimum Gasteiger partial charge on any atom is -0.307 e. The second-order valence-electron chi connectivity index (χ2n) is 4.38. The fourth-order valence-corrected chi connectivity index (χ4v) is 4.12. The van der Waals surface area contributed by atoms with Crippen molar-refractivity contribution in [2.75, 3.05) is 11.5 Å². The Labute approximate surface area is 104 Å². The SMILES string of the molecule is O=S1(=O)CCC(c2cn3ccc(Cl)cc3n2)C1. The Hall–Kier alpha value is -1.07. The molecule has 0 spiro atoms. The number of fused-ring (bicyclic) bond motifs is 1. The van der Waals surface area contributed by atoms with E-state index in [2.05, 4.69) is 4.98 Å². The smallest absolute Gasteiger partial charge is 0.151 e. The summed E-state index contributed by atoms with van der Waals surface area (Å²) in [6.45, 7) is 0. The lowest BCUT2D eigenvalue weighted by atomic mass is 10.1. The van der Waals surface area contributed by atoms with Crippen LogP contribution in [0.3, 0.4) is 0 Å². The minimum atomic E-state index is -2.86. The Morgan fingerprint density at radius 3 is 3.00 bits per heavy atom. The van der Waals surface area contributed by atoms with E-state index in [9.17, 15) is 8.42 Å². The van der Waals surface area contributed by atoms with E-state index in [4.69, 9.17) is 11.6 Å². The largest absolute Gasteiger partial charge is 0.307 e. The molecule has 3 rings (SSSR count). The fraction of sp³-hybridized carbons (Fsp3) is 0.364. The molecule has 0 bridgehead atoms. The van der Waals surface area contributed by atoms with Gasteiger partial charge in [0.25, 0.3) is 0 Å². The van der Waals surface area contributed by atoms with Crippen LogP contribution in [0.5, 0.6) is 0 Å². The number of rotatable bonds is 1. The van der Waals surface area contributed by atoms with Crippen LogP contribution in [0.2, 0.25) is 5.02 Å². The van der Waals surface area contributed by atoms with Crippen LogP contribution in [-0.4, -0.2) is 29.3 Å². The molecule has 6 heteroatoms. The molecule has 1 aliphatic rings. The van der Waals surface area contributed by atoms with Crippen molar-refractivity contribution in [2.24, 2.45) is 0 Å².